The highest BCUT2D eigenvalue weighted by molar-refractivity contribution is 6.12. The number of rotatable bonds is 6. The molecule has 0 amide bonds. The number of pyridine rings is 1. The van der Waals surface area contributed by atoms with Crippen LogP contribution in [0.15, 0.2) is 170 Å². The van der Waals surface area contributed by atoms with Crippen molar-refractivity contribution in [3.05, 3.63) is 170 Å². The Morgan fingerprint density at radius 2 is 1.00 bits per heavy atom. The SMILES string of the molecule is c1ccc(-c2cc(-c3ccccc3)cc(-c3cccc(N(c4ccccc4)c4cccc5c4[nH]c4ccccc45)n3)c2)cc1. The van der Waals surface area contributed by atoms with Gasteiger partial charge in [-0.2, -0.15) is 0 Å². The van der Waals surface area contributed by atoms with Crippen LogP contribution in [0.2, 0.25) is 0 Å². The second kappa shape index (κ2) is 11.0. The van der Waals surface area contributed by atoms with Crippen LogP contribution in [0.25, 0.3) is 55.3 Å². The molecular weight excluding hydrogens is 534 g/mol. The van der Waals surface area contributed by atoms with Gasteiger partial charge in [0.15, 0.2) is 0 Å². The van der Waals surface area contributed by atoms with Crippen molar-refractivity contribution in [2.45, 2.75) is 0 Å². The van der Waals surface area contributed by atoms with Crippen molar-refractivity contribution in [1.29, 1.82) is 0 Å². The number of nitrogens with one attached hydrogen (secondary N) is 1. The molecule has 3 nitrogen and oxygen atoms in total. The van der Waals surface area contributed by atoms with Gasteiger partial charge in [-0.1, -0.05) is 115 Å². The maximum atomic E-state index is 5.34. The smallest absolute Gasteiger partial charge is 0.138 e. The Bertz CT molecular complexity index is 2160. The molecule has 0 spiro atoms. The lowest BCUT2D eigenvalue weighted by Crippen LogP contribution is -2.12. The van der Waals surface area contributed by atoms with Crippen molar-refractivity contribution < 1.29 is 0 Å². The van der Waals surface area contributed by atoms with Crippen LogP contribution in [-0.4, -0.2) is 9.97 Å². The molecule has 0 aliphatic rings. The second-order valence-electron chi connectivity index (χ2n) is 11.0. The zero-order valence-electron chi connectivity index (χ0n) is 24.1. The molecule has 6 aromatic carbocycles. The molecule has 0 fully saturated rings. The number of benzene rings is 6. The van der Waals surface area contributed by atoms with Crippen molar-refractivity contribution in [3.63, 3.8) is 0 Å². The first kappa shape index (κ1) is 25.8. The Hall–Kier alpha value is -5.93. The van der Waals surface area contributed by atoms with E-state index in [1.807, 2.05) is 0 Å². The van der Waals surface area contributed by atoms with Crippen molar-refractivity contribution in [2.75, 3.05) is 4.90 Å². The highest BCUT2D eigenvalue weighted by Crippen LogP contribution is 2.40. The predicted molar refractivity (Wildman–Crippen MR) is 185 cm³/mol. The summed E-state index contributed by atoms with van der Waals surface area (Å²) in [5.74, 6) is 0.853. The third-order valence-corrected chi connectivity index (χ3v) is 8.18. The molecule has 8 rings (SSSR count). The minimum Gasteiger partial charge on any atom is -0.353 e. The van der Waals surface area contributed by atoms with Gasteiger partial charge in [0.05, 0.1) is 16.9 Å². The summed E-state index contributed by atoms with van der Waals surface area (Å²) in [5, 5.41) is 2.41. The quantitative estimate of drug-likeness (QED) is 0.218. The van der Waals surface area contributed by atoms with Gasteiger partial charge in [-0.25, -0.2) is 4.98 Å². The standard InChI is InChI=1S/C41H29N3/c1-4-14-29(15-5-1)31-26-32(30-16-6-2-7-17-30)28-33(27-31)37-23-13-25-40(42-37)44(34-18-8-3-9-19-34)39-24-12-21-36-35-20-10-11-22-38(35)43-41(36)39/h1-28,43H. The maximum Gasteiger partial charge on any atom is 0.138 e. The molecular formula is C41H29N3. The van der Waals surface area contributed by atoms with Gasteiger partial charge in [-0.3, -0.25) is 4.90 Å². The van der Waals surface area contributed by atoms with Crippen LogP contribution < -0.4 is 4.90 Å². The van der Waals surface area contributed by atoms with E-state index in [1.165, 1.54) is 21.9 Å². The number of para-hydroxylation sites is 3. The average molecular weight is 564 g/mol. The lowest BCUT2D eigenvalue weighted by molar-refractivity contribution is 1.19. The lowest BCUT2D eigenvalue weighted by Gasteiger charge is -2.25. The summed E-state index contributed by atoms with van der Waals surface area (Å²) in [6, 6.07) is 59.6. The lowest BCUT2D eigenvalue weighted by atomic mass is 9.95. The predicted octanol–water partition coefficient (Wildman–Crippen LogP) is 11.2. The van der Waals surface area contributed by atoms with E-state index < -0.39 is 0 Å². The maximum absolute atomic E-state index is 5.34. The van der Waals surface area contributed by atoms with Gasteiger partial charge in [-0.05, 0) is 76.9 Å². The highest BCUT2D eigenvalue weighted by Gasteiger charge is 2.19. The number of aromatic nitrogens is 2. The van der Waals surface area contributed by atoms with Crippen molar-refractivity contribution in [2.24, 2.45) is 0 Å². The van der Waals surface area contributed by atoms with E-state index in [-0.39, 0.29) is 0 Å². The van der Waals surface area contributed by atoms with E-state index >= 15 is 0 Å². The third-order valence-electron chi connectivity index (χ3n) is 8.18. The Morgan fingerprint density at radius 3 is 1.70 bits per heavy atom. The Morgan fingerprint density at radius 1 is 0.432 bits per heavy atom. The van der Waals surface area contributed by atoms with E-state index in [0.717, 1.165) is 50.6 Å². The normalized spacial score (nSPS) is 11.2. The molecule has 3 heteroatoms. The number of aromatic amines is 1. The molecule has 0 saturated carbocycles. The van der Waals surface area contributed by atoms with Gasteiger partial charge in [0, 0.05) is 27.5 Å². The van der Waals surface area contributed by atoms with Crippen LogP contribution in [0.4, 0.5) is 17.2 Å². The number of hydrogen-bond acceptors (Lipinski definition) is 2. The van der Waals surface area contributed by atoms with Crippen molar-refractivity contribution in [1.82, 2.24) is 9.97 Å². The van der Waals surface area contributed by atoms with Gasteiger partial charge in [0.25, 0.3) is 0 Å². The van der Waals surface area contributed by atoms with Gasteiger partial charge in [0.1, 0.15) is 5.82 Å². The molecule has 0 radical (unpaired) electrons. The molecule has 44 heavy (non-hydrogen) atoms. The largest absolute Gasteiger partial charge is 0.353 e. The summed E-state index contributed by atoms with van der Waals surface area (Å²) >= 11 is 0. The van der Waals surface area contributed by atoms with E-state index in [9.17, 15) is 0 Å². The third kappa shape index (κ3) is 4.71. The van der Waals surface area contributed by atoms with Crippen molar-refractivity contribution in [3.8, 4) is 33.5 Å². The van der Waals surface area contributed by atoms with Gasteiger partial charge >= 0.3 is 0 Å². The molecule has 0 aliphatic heterocycles. The van der Waals surface area contributed by atoms with Gasteiger partial charge in [-0.15, -0.1) is 0 Å². The molecule has 8 aromatic rings. The van der Waals surface area contributed by atoms with Crippen LogP contribution in [0.5, 0.6) is 0 Å². The fourth-order valence-electron chi connectivity index (χ4n) is 6.09. The topological polar surface area (TPSA) is 31.9 Å². The summed E-state index contributed by atoms with van der Waals surface area (Å²) in [5.41, 5.74) is 11.0. The van der Waals surface area contributed by atoms with Crippen LogP contribution in [-0.2, 0) is 0 Å². The molecule has 0 unspecified atom stereocenters. The zero-order chi connectivity index (χ0) is 29.3. The van der Waals surface area contributed by atoms with Crippen LogP contribution >= 0.6 is 0 Å². The van der Waals surface area contributed by atoms with Crippen molar-refractivity contribution >= 4 is 39.0 Å². The first-order chi connectivity index (χ1) is 21.8. The fraction of sp³-hybridized carbons (Fsp3) is 0. The minimum absolute atomic E-state index is 0.853. The highest BCUT2D eigenvalue weighted by atomic mass is 15.2. The van der Waals surface area contributed by atoms with E-state index in [0.29, 0.717) is 0 Å². The van der Waals surface area contributed by atoms with E-state index in [2.05, 4.69) is 180 Å². The minimum atomic E-state index is 0.853. The second-order valence-corrected chi connectivity index (χ2v) is 11.0. The molecule has 2 aromatic heterocycles. The molecule has 0 atom stereocenters. The fourth-order valence-corrected chi connectivity index (χ4v) is 6.09. The molecule has 208 valence electrons. The summed E-state index contributed by atoms with van der Waals surface area (Å²) in [7, 11) is 0. The Balaban J connectivity index is 1.32. The summed E-state index contributed by atoms with van der Waals surface area (Å²) in [6.07, 6.45) is 0. The summed E-state index contributed by atoms with van der Waals surface area (Å²) < 4.78 is 0. The van der Waals surface area contributed by atoms with E-state index in [4.69, 9.17) is 4.98 Å². The number of hydrogen-bond donors (Lipinski definition) is 1. The molecule has 2 heterocycles. The van der Waals surface area contributed by atoms with E-state index in [1.54, 1.807) is 0 Å². The Labute approximate surface area is 256 Å². The first-order valence-corrected chi connectivity index (χ1v) is 14.9. The Kier molecular flexibility index (Phi) is 6.47. The van der Waals surface area contributed by atoms with Gasteiger partial charge < -0.3 is 4.98 Å². The number of fused-ring (bicyclic) bond motifs is 3. The molecule has 1 N–H and O–H groups in total. The molecule has 0 aliphatic carbocycles. The number of H-pyrrole nitrogens is 1. The average Bonchev–Trinajstić information content (AvgIpc) is 3.49. The molecule has 0 bridgehead atoms. The monoisotopic (exact) mass is 563 g/mol. The molecule has 0 saturated heterocycles. The number of anilines is 3. The first-order valence-electron chi connectivity index (χ1n) is 14.9. The van der Waals surface area contributed by atoms with Crippen LogP contribution in [0.1, 0.15) is 0 Å². The summed E-state index contributed by atoms with van der Waals surface area (Å²) in [4.78, 5) is 11.3. The van der Waals surface area contributed by atoms with Crippen LogP contribution in [0.3, 0.4) is 0 Å². The van der Waals surface area contributed by atoms with Gasteiger partial charge in [0.2, 0.25) is 0 Å². The number of nitrogens with zero attached hydrogens (tertiary/aromatic N) is 2. The van der Waals surface area contributed by atoms with Crippen LogP contribution in [0, 0.1) is 0 Å². The zero-order valence-corrected chi connectivity index (χ0v) is 24.1. The summed E-state index contributed by atoms with van der Waals surface area (Å²) in [6.45, 7) is 0.